The summed E-state index contributed by atoms with van der Waals surface area (Å²) in [5, 5.41) is 13.3. The maximum Gasteiger partial charge on any atom is 0.259 e. The van der Waals surface area contributed by atoms with Gasteiger partial charge in [0.25, 0.3) is 11.8 Å². The lowest BCUT2D eigenvalue weighted by Crippen LogP contribution is -2.34. The standard InChI is InChI=1S/C18H16N6O2/c25-16(12-20-18(26)14-7-4-8-19-9-14)23-21-10-15-11-22-24-17(15)13-5-2-1-3-6-13/h1-11H,12H2,(H,20,26)(H,22,24)(H,23,25)/b21-10+. The van der Waals surface area contributed by atoms with Gasteiger partial charge in [0.05, 0.1) is 30.2 Å². The summed E-state index contributed by atoms with van der Waals surface area (Å²) in [6.45, 7) is -0.192. The fraction of sp³-hybridized carbons (Fsp3) is 0.0556. The Morgan fingerprint density at radius 1 is 1.12 bits per heavy atom. The summed E-state index contributed by atoms with van der Waals surface area (Å²) in [7, 11) is 0. The minimum atomic E-state index is -0.441. The molecule has 26 heavy (non-hydrogen) atoms. The van der Waals surface area contributed by atoms with Crippen LogP contribution in [0, 0.1) is 0 Å². The Morgan fingerprint density at radius 2 is 1.96 bits per heavy atom. The number of rotatable bonds is 6. The average molecular weight is 348 g/mol. The van der Waals surface area contributed by atoms with Crippen molar-refractivity contribution in [3.8, 4) is 11.3 Å². The van der Waals surface area contributed by atoms with Crippen LogP contribution in [0.1, 0.15) is 15.9 Å². The number of carbonyl (C=O) groups is 2. The molecule has 0 saturated carbocycles. The van der Waals surface area contributed by atoms with Gasteiger partial charge in [0.2, 0.25) is 0 Å². The zero-order valence-electron chi connectivity index (χ0n) is 13.7. The maximum absolute atomic E-state index is 11.8. The number of amides is 2. The fourth-order valence-electron chi connectivity index (χ4n) is 2.20. The van der Waals surface area contributed by atoms with Crippen molar-refractivity contribution in [1.29, 1.82) is 0 Å². The second kappa shape index (κ2) is 8.34. The van der Waals surface area contributed by atoms with E-state index < -0.39 is 5.91 Å². The van der Waals surface area contributed by atoms with E-state index in [0.717, 1.165) is 16.8 Å². The van der Waals surface area contributed by atoms with E-state index in [2.05, 4.69) is 31.0 Å². The van der Waals surface area contributed by atoms with Crippen LogP contribution < -0.4 is 10.7 Å². The summed E-state index contributed by atoms with van der Waals surface area (Å²) in [4.78, 5) is 27.5. The number of nitrogens with one attached hydrogen (secondary N) is 3. The van der Waals surface area contributed by atoms with Crippen molar-refractivity contribution in [3.05, 3.63) is 72.2 Å². The lowest BCUT2D eigenvalue weighted by Gasteiger charge is -2.03. The fourth-order valence-corrected chi connectivity index (χ4v) is 2.20. The summed E-state index contributed by atoms with van der Waals surface area (Å²) in [6.07, 6.45) is 6.10. The molecule has 0 aliphatic rings. The van der Waals surface area contributed by atoms with E-state index >= 15 is 0 Å². The second-order valence-corrected chi connectivity index (χ2v) is 5.28. The zero-order valence-corrected chi connectivity index (χ0v) is 13.7. The third kappa shape index (κ3) is 4.38. The molecule has 0 aliphatic heterocycles. The first kappa shape index (κ1) is 17.0. The molecule has 2 aromatic heterocycles. The first-order valence-corrected chi connectivity index (χ1v) is 7.83. The molecular formula is C18H16N6O2. The maximum atomic E-state index is 11.8. The molecule has 3 N–H and O–H groups in total. The predicted molar refractivity (Wildman–Crippen MR) is 96.3 cm³/mol. The third-order valence-corrected chi connectivity index (χ3v) is 3.46. The monoisotopic (exact) mass is 348 g/mol. The minimum absolute atomic E-state index is 0.192. The summed E-state index contributed by atoms with van der Waals surface area (Å²) < 4.78 is 0. The molecule has 8 nitrogen and oxygen atoms in total. The molecule has 2 heterocycles. The first-order valence-electron chi connectivity index (χ1n) is 7.83. The number of aromatic nitrogens is 3. The van der Waals surface area contributed by atoms with Crippen LogP contribution in [0.25, 0.3) is 11.3 Å². The molecule has 0 radical (unpaired) electrons. The van der Waals surface area contributed by atoms with Crippen LogP contribution in [0.4, 0.5) is 0 Å². The molecule has 0 atom stereocenters. The van der Waals surface area contributed by atoms with E-state index in [1.54, 1.807) is 24.5 Å². The van der Waals surface area contributed by atoms with Gasteiger partial charge in [-0.15, -0.1) is 0 Å². The van der Waals surface area contributed by atoms with Crippen molar-refractivity contribution >= 4 is 18.0 Å². The van der Waals surface area contributed by atoms with Crippen molar-refractivity contribution in [2.24, 2.45) is 5.10 Å². The number of H-pyrrole nitrogens is 1. The van der Waals surface area contributed by atoms with Crippen molar-refractivity contribution in [2.45, 2.75) is 0 Å². The largest absolute Gasteiger partial charge is 0.343 e. The van der Waals surface area contributed by atoms with Gasteiger partial charge in [0, 0.05) is 23.5 Å². The Bertz CT molecular complexity index is 906. The Balaban J connectivity index is 1.52. The van der Waals surface area contributed by atoms with Gasteiger partial charge in [0.15, 0.2) is 0 Å². The molecular weight excluding hydrogens is 332 g/mol. The molecule has 2 amide bonds. The molecule has 0 aliphatic carbocycles. The average Bonchev–Trinajstić information content (AvgIpc) is 3.16. The van der Waals surface area contributed by atoms with Gasteiger partial charge in [-0.3, -0.25) is 19.7 Å². The topological polar surface area (TPSA) is 112 Å². The highest BCUT2D eigenvalue weighted by Crippen LogP contribution is 2.18. The molecule has 1 aromatic carbocycles. The summed E-state index contributed by atoms with van der Waals surface area (Å²) >= 11 is 0. The highest BCUT2D eigenvalue weighted by molar-refractivity contribution is 5.96. The van der Waals surface area contributed by atoms with Crippen LogP contribution >= 0.6 is 0 Å². The van der Waals surface area contributed by atoms with Crippen LogP contribution in [-0.4, -0.2) is 39.8 Å². The van der Waals surface area contributed by atoms with Gasteiger partial charge < -0.3 is 5.32 Å². The number of nitrogens with zero attached hydrogens (tertiary/aromatic N) is 3. The zero-order chi connectivity index (χ0) is 18.2. The molecule has 0 unspecified atom stereocenters. The molecule has 3 rings (SSSR count). The Kier molecular flexibility index (Phi) is 5.46. The SMILES string of the molecule is O=C(CNC(=O)c1cccnc1)N/N=C/c1cn[nH]c1-c1ccccc1. The van der Waals surface area contributed by atoms with Gasteiger partial charge >= 0.3 is 0 Å². The van der Waals surface area contributed by atoms with Crippen molar-refractivity contribution in [3.63, 3.8) is 0 Å². The highest BCUT2D eigenvalue weighted by atomic mass is 16.2. The minimum Gasteiger partial charge on any atom is -0.343 e. The van der Waals surface area contributed by atoms with Crippen LogP contribution in [0.5, 0.6) is 0 Å². The number of hydrazone groups is 1. The van der Waals surface area contributed by atoms with E-state index in [-0.39, 0.29) is 12.5 Å². The van der Waals surface area contributed by atoms with Gasteiger partial charge in [-0.1, -0.05) is 30.3 Å². The molecule has 8 heteroatoms. The molecule has 0 saturated heterocycles. The molecule has 0 spiro atoms. The number of carbonyl (C=O) groups excluding carboxylic acids is 2. The number of hydrogen-bond acceptors (Lipinski definition) is 5. The van der Waals surface area contributed by atoms with Gasteiger partial charge in [-0.2, -0.15) is 10.2 Å². The highest BCUT2D eigenvalue weighted by Gasteiger charge is 2.08. The van der Waals surface area contributed by atoms with Gasteiger partial charge in [-0.05, 0) is 12.1 Å². The quantitative estimate of drug-likeness (QED) is 0.461. The lowest BCUT2D eigenvalue weighted by molar-refractivity contribution is -0.120. The molecule has 0 bridgehead atoms. The van der Waals surface area contributed by atoms with E-state index in [4.69, 9.17) is 0 Å². The summed E-state index contributed by atoms with van der Waals surface area (Å²) in [5.41, 5.74) is 5.24. The normalized spacial score (nSPS) is 10.6. The predicted octanol–water partition coefficient (Wildman–Crippen LogP) is 1.35. The Hall–Kier alpha value is -3.81. The smallest absolute Gasteiger partial charge is 0.259 e. The number of hydrogen-bond donors (Lipinski definition) is 3. The third-order valence-electron chi connectivity index (χ3n) is 3.46. The second-order valence-electron chi connectivity index (χ2n) is 5.28. The lowest BCUT2D eigenvalue weighted by atomic mass is 10.1. The van der Waals surface area contributed by atoms with Crippen molar-refractivity contribution in [2.75, 3.05) is 6.54 Å². The van der Waals surface area contributed by atoms with Crippen LogP contribution in [-0.2, 0) is 4.79 Å². The van der Waals surface area contributed by atoms with Crippen molar-refractivity contribution < 1.29 is 9.59 Å². The van der Waals surface area contributed by atoms with Gasteiger partial charge in [-0.25, -0.2) is 5.43 Å². The first-order chi connectivity index (χ1) is 12.7. The van der Waals surface area contributed by atoms with E-state index in [0.29, 0.717) is 5.56 Å². The van der Waals surface area contributed by atoms with Crippen molar-refractivity contribution in [1.82, 2.24) is 25.9 Å². The molecule has 3 aromatic rings. The Labute approximate surface area is 149 Å². The summed E-state index contributed by atoms with van der Waals surface area (Å²) in [5.74, 6) is -0.818. The van der Waals surface area contributed by atoms with Crippen LogP contribution in [0.3, 0.4) is 0 Å². The van der Waals surface area contributed by atoms with Crippen LogP contribution in [0.2, 0.25) is 0 Å². The Morgan fingerprint density at radius 3 is 2.73 bits per heavy atom. The number of pyridine rings is 1. The van der Waals surface area contributed by atoms with E-state index in [1.807, 2.05) is 30.3 Å². The number of aromatic amines is 1. The van der Waals surface area contributed by atoms with E-state index in [9.17, 15) is 9.59 Å². The summed E-state index contributed by atoms with van der Waals surface area (Å²) in [6, 6.07) is 12.9. The molecule has 130 valence electrons. The van der Waals surface area contributed by atoms with Gasteiger partial charge in [0.1, 0.15) is 0 Å². The van der Waals surface area contributed by atoms with E-state index in [1.165, 1.54) is 12.4 Å². The van der Waals surface area contributed by atoms with Crippen LogP contribution in [0.15, 0.2) is 66.2 Å². The molecule has 0 fully saturated rings. The number of benzene rings is 1.